The fraction of sp³-hybridized carbons (Fsp3) is 0.231. The Morgan fingerprint density at radius 1 is 1.00 bits per heavy atom. The molecule has 0 radical (unpaired) electrons. The first-order chi connectivity index (χ1) is 15.1. The maximum Gasteiger partial charge on any atom is 0.258 e. The molecule has 4 rings (SSSR count). The first kappa shape index (κ1) is 20.7. The molecule has 1 amide bonds. The molecule has 4 aromatic rings. The van der Waals surface area contributed by atoms with Gasteiger partial charge in [0.15, 0.2) is 6.61 Å². The van der Waals surface area contributed by atoms with Gasteiger partial charge in [0.25, 0.3) is 5.91 Å². The third-order valence-electron chi connectivity index (χ3n) is 5.32. The number of carbonyl (C=O) groups excluding carboxylic acids is 1. The Balaban J connectivity index is 1.45. The van der Waals surface area contributed by atoms with Crippen molar-refractivity contribution in [2.75, 3.05) is 6.61 Å². The summed E-state index contributed by atoms with van der Waals surface area (Å²) in [4.78, 5) is 17.1. The molecule has 158 valence electrons. The average molecular weight is 414 g/mol. The van der Waals surface area contributed by atoms with E-state index in [9.17, 15) is 4.79 Å². The number of nitrogens with zero attached hydrogens (tertiary/aromatic N) is 2. The zero-order valence-electron chi connectivity index (χ0n) is 18.0. The fourth-order valence-electron chi connectivity index (χ4n) is 3.55. The van der Waals surface area contributed by atoms with Crippen molar-refractivity contribution in [2.24, 2.45) is 0 Å². The first-order valence-electron chi connectivity index (χ1n) is 10.6. The zero-order valence-corrected chi connectivity index (χ0v) is 18.0. The van der Waals surface area contributed by atoms with Gasteiger partial charge < -0.3 is 14.6 Å². The van der Waals surface area contributed by atoms with Crippen LogP contribution in [-0.4, -0.2) is 22.1 Å². The van der Waals surface area contributed by atoms with Crippen LogP contribution in [0.2, 0.25) is 0 Å². The Morgan fingerprint density at radius 2 is 1.81 bits per heavy atom. The third-order valence-corrected chi connectivity index (χ3v) is 5.32. The van der Waals surface area contributed by atoms with Crippen molar-refractivity contribution < 1.29 is 9.53 Å². The Morgan fingerprint density at radius 3 is 2.61 bits per heavy atom. The highest BCUT2D eigenvalue weighted by Crippen LogP contribution is 2.18. The number of hydrogen-bond acceptors (Lipinski definition) is 3. The Hall–Kier alpha value is -3.60. The molecule has 0 saturated heterocycles. The van der Waals surface area contributed by atoms with Crippen LogP contribution in [0.1, 0.15) is 29.4 Å². The zero-order chi connectivity index (χ0) is 21.6. The van der Waals surface area contributed by atoms with E-state index in [-0.39, 0.29) is 12.5 Å². The molecule has 0 spiro atoms. The quantitative estimate of drug-likeness (QED) is 0.457. The predicted octanol–water partition coefficient (Wildman–Crippen LogP) is 4.65. The second-order valence-electron chi connectivity index (χ2n) is 7.65. The summed E-state index contributed by atoms with van der Waals surface area (Å²) in [5.41, 5.74) is 5.59. The van der Waals surface area contributed by atoms with Gasteiger partial charge in [-0.2, -0.15) is 0 Å². The van der Waals surface area contributed by atoms with Gasteiger partial charge in [0, 0.05) is 6.54 Å². The van der Waals surface area contributed by atoms with Gasteiger partial charge >= 0.3 is 0 Å². The number of hydrogen-bond donors (Lipinski definition) is 1. The number of imidazole rings is 1. The van der Waals surface area contributed by atoms with E-state index in [0.717, 1.165) is 23.3 Å². The van der Waals surface area contributed by atoms with Crippen LogP contribution >= 0.6 is 0 Å². The number of rotatable bonds is 8. The van der Waals surface area contributed by atoms with E-state index in [1.165, 1.54) is 16.7 Å². The molecule has 0 unspecified atom stereocenters. The van der Waals surface area contributed by atoms with E-state index in [1.54, 1.807) is 0 Å². The van der Waals surface area contributed by atoms with Crippen molar-refractivity contribution in [1.82, 2.24) is 14.9 Å². The predicted molar refractivity (Wildman–Crippen MR) is 123 cm³/mol. The molecule has 0 fully saturated rings. The van der Waals surface area contributed by atoms with Crippen LogP contribution < -0.4 is 10.1 Å². The van der Waals surface area contributed by atoms with E-state index in [1.807, 2.05) is 42.5 Å². The normalized spacial score (nSPS) is 10.9. The smallest absolute Gasteiger partial charge is 0.258 e. The number of amides is 1. The molecule has 0 aliphatic rings. The minimum Gasteiger partial charge on any atom is -0.484 e. The van der Waals surface area contributed by atoms with Gasteiger partial charge in [-0.3, -0.25) is 4.79 Å². The highest BCUT2D eigenvalue weighted by molar-refractivity contribution is 5.78. The summed E-state index contributed by atoms with van der Waals surface area (Å²) in [6.07, 6.45) is 0.931. The molecule has 0 saturated carbocycles. The molecule has 0 bridgehead atoms. The third kappa shape index (κ3) is 5.12. The minimum atomic E-state index is -0.171. The SMILES string of the molecule is CCc1cccc(OCC(=O)NCc2nc3ccccc3n2Cc2ccc(C)cc2)c1. The van der Waals surface area contributed by atoms with Gasteiger partial charge in [-0.05, 0) is 48.7 Å². The first-order valence-corrected chi connectivity index (χ1v) is 10.6. The van der Waals surface area contributed by atoms with Crippen LogP contribution in [0.4, 0.5) is 0 Å². The van der Waals surface area contributed by atoms with E-state index >= 15 is 0 Å². The van der Waals surface area contributed by atoms with Crippen molar-refractivity contribution in [3.8, 4) is 5.75 Å². The van der Waals surface area contributed by atoms with Gasteiger partial charge in [0.2, 0.25) is 0 Å². The van der Waals surface area contributed by atoms with Gasteiger partial charge in [0.05, 0.1) is 17.6 Å². The molecular weight excluding hydrogens is 386 g/mol. The number of aryl methyl sites for hydroxylation is 2. The summed E-state index contributed by atoms with van der Waals surface area (Å²) in [5.74, 6) is 1.36. The Bertz CT molecular complexity index is 1180. The lowest BCUT2D eigenvalue weighted by molar-refractivity contribution is -0.123. The minimum absolute atomic E-state index is 0.0225. The molecule has 5 heteroatoms. The maximum atomic E-state index is 12.4. The number of carbonyl (C=O) groups is 1. The molecule has 0 aliphatic heterocycles. The van der Waals surface area contributed by atoms with Crippen molar-refractivity contribution >= 4 is 16.9 Å². The van der Waals surface area contributed by atoms with E-state index in [4.69, 9.17) is 9.72 Å². The number of nitrogens with one attached hydrogen (secondary N) is 1. The van der Waals surface area contributed by atoms with Crippen LogP contribution in [0, 0.1) is 6.92 Å². The molecule has 31 heavy (non-hydrogen) atoms. The number of ether oxygens (including phenoxy) is 1. The topological polar surface area (TPSA) is 56.1 Å². The number of benzene rings is 3. The molecule has 5 nitrogen and oxygen atoms in total. The second-order valence-corrected chi connectivity index (χ2v) is 7.65. The monoisotopic (exact) mass is 413 g/mol. The number of aromatic nitrogens is 2. The highest BCUT2D eigenvalue weighted by Gasteiger charge is 2.12. The summed E-state index contributed by atoms with van der Waals surface area (Å²) in [7, 11) is 0. The summed E-state index contributed by atoms with van der Waals surface area (Å²) in [5, 5.41) is 2.95. The Labute approximate surface area is 182 Å². The van der Waals surface area contributed by atoms with Crippen molar-refractivity contribution in [3.63, 3.8) is 0 Å². The van der Waals surface area contributed by atoms with Crippen LogP contribution in [0.3, 0.4) is 0 Å². The lowest BCUT2D eigenvalue weighted by Crippen LogP contribution is -2.29. The van der Waals surface area contributed by atoms with Crippen LogP contribution in [0.15, 0.2) is 72.8 Å². The summed E-state index contributed by atoms with van der Waals surface area (Å²) < 4.78 is 7.81. The molecule has 3 aromatic carbocycles. The summed E-state index contributed by atoms with van der Waals surface area (Å²) in [6, 6.07) is 24.4. The number of fused-ring (bicyclic) bond motifs is 1. The number of para-hydroxylation sites is 2. The standard InChI is InChI=1S/C26H27N3O2/c1-3-20-7-6-8-22(15-20)31-18-26(30)27-16-25-28-23-9-4-5-10-24(23)29(25)17-21-13-11-19(2)12-14-21/h4-15H,3,16-18H2,1-2H3,(H,27,30). The van der Waals surface area contributed by atoms with Gasteiger partial charge in [-0.1, -0.05) is 61.0 Å². The average Bonchev–Trinajstić information content (AvgIpc) is 3.15. The largest absolute Gasteiger partial charge is 0.484 e. The highest BCUT2D eigenvalue weighted by atomic mass is 16.5. The van der Waals surface area contributed by atoms with Crippen LogP contribution in [-0.2, 0) is 24.3 Å². The van der Waals surface area contributed by atoms with E-state index < -0.39 is 0 Å². The van der Waals surface area contributed by atoms with Crippen molar-refractivity contribution in [1.29, 1.82) is 0 Å². The lowest BCUT2D eigenvalue weighted by atomic mass is 10.1. The second kappa shape index (κ2) is 9.47. The molecular formula is C26H27N3O2. The van der Waals surface area contributed by atoms with E-state index in [2.05, 4.69) is 54.1 Å². The van der Waals surface area contributed by atoms with E-state index in [0.29, 0.717) is 18.8 Å². The molecule has 1 N–H and O–H groups in total. The fourth-order valence-corrected chi connectivity index (χ4v) is 3.55. The van der Waals surface area contributed by atoms with Gasteiger partial charge in [-0.15, -0.1) is 0 Å². The Kier molecular flexibility index (Phi) is 6.32. The molecule has 1 aromatic heterocycles. The maximum absolute atomic E-state index is 12.4. The lowest BCUT2D eigenvalue weighted by Gasteiger charge is -2.11. The molecule has 0 aliphatic carbocycles. The summed E-state index contributed by atoms with van der Waals surface area (Å²) in [6.45, 7) is 5.20. The molecule has 1 heterocycles. The van der Waals surface area contributed by atoms with Crippen LogP contribution in [0.25, 0.3) is 11.0 Å². The van der Waals surface area contributed by atoms with Crippen LogP contribution in [0.5, 0.6) is 5.75 Å². The van der Waals surface area contributed by atoms with Crippen molar-refractivity contribution in [3.05, 3.63) is 95.3 Å². The molecule has 0 atom stereocenters. The summed E-state index contributed by atoms with van der Waals surface area (Å²) >= 11 is 0. The van der Waals surface area contributed by atoms with Gasteiger partial charge in [0.1, 0.15) is 11.6 Å². The van der Waals surface area contributed by atoms with Gasteiger partial charge in [-0.25, -0.2) is 4.98 Å². The van der Waals surface area contributed by atoms with Crippen molar-refractivity contribution in [2.45, 2.75) is 33.4 Å².